The molecule has 4 nitrogen and oxygen atoms in total. The lowest BCUT2D eigenvalue weighted by Gasteiger charge is -2.20. The van der Waals surface area contributed by atoms with Gasteiger partial charge in [-0.05, 0) is 29.8 Å². The zero-order valence-corrected chi connectivity index (χ0v) is 12.3. The van der Waals surface area contributed by atoms with Crippen molar-refractivity contribution in [1.82, 2.24) is 0 Å². The minimum atomic E-state index is -0.203. The third kappa shape index (κ3) is 3.80. The van der Waals surface area contributed by atoms with Crippen LogP contribution in [0.3, 0.4) is 0 Å². The standard InChI is InChI=1S/C16H17NO3.ClH/c17-14(11-20-13-4-2-1-3-5-13)12-6-7-15-16(10-12)19-9-8-18-15;/h1-7,10,14H,8-9,11,17H2;1H. The van der Waals surface area contributed by atoms with Crippen molar-refractivity contribution in [2.75, 3.05) is 19.8 Å². The molecule has 2 aromatic rings. The number of hydrogen-bond donors (Lipinski definition) is 1. The minimum absolute atomic E-state index is 0. The Morgan fingerprint density at radius 1 is 1.00 bits per heavy atom. The quantitative estimate of drug-likeness (QED) is 0.943. The maximum absolute atomic E-state index is 6.15. The minimum Gasteiger partial charge on any atom is -0.492 e. The largest absolute Gasteiger partial charge is 0.492 e. The lowest BCUT2D eigenvalue weighted by Crippen LogP contribution is -2.20. The van der Waals surface area contributed by atoms with E-state index in [-0.39, 0.29) is 18.4 Å². The summed E-state index contributed by atoms with van der Waals surface area (Å²) in [4.78, 5) is 0. The maximum atomic E-state index is 6.15. The Morgan fingerprint density at radius 2 is 1.71 bits per heavy atom. The first-order chi connectivity index (χ1) is 9.83. The molecule has 21 heavy (non-hydrogen) atoms. The van der Waals surface area contributed by atoms with Crippen LogP contribution < -0.4 is 19.9 Å². The smallest absolute Gasteiger partial charge is 0.161 e. The van der Waals surface area contributed by atoms with Gasteiger partial charge in [-0.2, -0.15) is 0 Å². The van der Waals surface area contributed by atoms with Crippen LogP contribution >= 0.6 is 12.4 Å². The first kappa shape index (κ1) is 15.5. The molecule has 2 N–H and O–H groups in total. The van der Waals surface area contributed by atoms with Crippen molar-refractivity contribution < 1.29 is 14.2 Å². The molecule has 1 heterocycles. The Kier molecular flexibility index (Phi) is 5.31. The zero-order chi connectivity index (χ0) is 13.8. The van der Waals surface area contributed by atoms with Crippen LogP contribution in [0.15, 0.2) is 48.5 Å². The van der Waals surface area contributed by atoms with Gasteiger partial charge in [0.05, 0.1) is 6.04 Å². The average Bonchev–Trinajstić information content (AvgIpc) is 2.53. The topological polar surface area (TPSA) is 53.7 Å². The second kappa shape index (κ2) is 7.20. The van der Waals surface area contributed by atoms with E-state index in [0.717, 1.165) is 22.8 Å². The Hall–Kier alpha value is -1.91. The van der Waals surface area contributed by atoms with Crippen LogP contribution in [0.25, 0.3) is 0 Å². The highest BCUT2D eigenvalue weighted by molar-refractivity contribution is 5.85. The lowest BCUT2D eigenvalue weighted by molar-refractivity contribution is 0.171. The van der Waals surface area contributed by atoms with Crippen molar-refractivity contribution >= 4 is 12.4 Å². The summed E-state index contributed by atoms with van der Waals surface area (Å²) >= 11 is 0. The summed E-state index contributed by atoms with van der Waals surface area (Å²) in [5.41, 5.74) is 7.13. The number of rotatable bonds is 4. The molecule has 1 atom stereocenters. The van der Waals surface area contributed by atoms with E-state index >= 15 is 0 Å². The van der Waals surface area contributed by atoms with Crippen LogP contribution in [-0.2, 0) is 0 Å². The third-order valence-electron chi connectivity index (χ3n) is 3.17. The van der Waals surface area contributed by atoms with Gasteiger partial charge in [-0.15, -0.1) is 12.4 Å². The summed E-state index contributed by atoms with van der Waals surface area (Å²) in [6, 6.07) is 15.2. The van der Waals surface area contributed by atoms with E-state index in [0.29, 0.717) is 19.8 Å². The number of para-hydroxylation sites is 1. The summed E-state index contributed by atoms with van der Waals surface area (Å²) in [5.74, 6) is 2.35. The molecule has 3 rings (SSSR count). The van der Waals surface area contributed by atoms with Crippen molar-refractivity contribution in [2.24, 2.45) is 5.73 Å². The van der Waals surface area contributed by atoms with Gasteiger partial charge < -0.3 is 19.9 Å². The second-order valence-corrected chi connectivity index (χ2v) is 4.63. The van der Waals surface area contributed by atoms with Crippen LogP contribution in [0, 0.1) is 0 Å². The maximum Gasteiger partial charge on any atom is 0.161 e. The molecule has 1 unspecified atom stereocenters. The first-order valence-corrected chi connectivity index (χ1v) is 6.66. The molecule has 5 heteroatoms. The summed E-state index contributed by atoms with van der Waals surface area (Å²) in [6.07, 6.45) is 0. The average molecular weight is 308 g/mol. The first-order valence-electron chi connectivity index (χ1n) is 6.66. The number of halogens is 1. The van der Waals surface area contributed by atoms with Gasteiger partial charge in [0, 0.05) is 0 Å². The van der Waals surface area contributed by atoms with Gasteiger partial charge in [0.2, 0.25) is 0 Å². The van der Waals surface area contributed by atoms with Crippen LogP contribution in [-0.4, -0.2) is 19.8 Å². The van der Waals surface area contributed by atoms with Gasteiger partial charge >= 0.3 is 0 Å². The van der Waals surface area contributed by atoms with Crippen molar-refractivity contribution in [1.29, 1.82) is 0 Å². The van der Waals surface area contributed by atoms with E-state index in [9.17, 15) is 0 Å². The van der Waals surface area contributed by atoms with Gasteiger partial charge in [0.15, 0.2) is 11.5 Å². The fraction of sp³-hybridized carbons (Fsp3) is 0.250. The number of benzene rings is 2. The number of ether oxygens (including phenoxy) is 3. The van der Waals surface area contributed by atoms with Gasteiger partial charge in [-0.1, -0.05) is 24.3 Å². The van der Waals surface area contributed by atoms with Gasteiger partial charge in [0.1, 0.15) is 25.6 Å². The van der Waals surface area contributed by atoms with Crippen molar-refractivity contribution in [3.05, 3.63) is 54.1 Å². The molecule has 0 radical (unpaired) electrons. The number of hydrogen-bond acceptors (Lipinski definition) is 4. The van der Waals surface area contributed by atoms with E-state index in [1.807, 2.05) is 48.5 Å². The van der Waals surface area contributed by atoms with Crippen molar-refractivity contribution in [3.63, 3.8) is 0 Å². The molecule has 0 aromatic heterocycles. The van der Waals surface area contributed by atoms with E-state index in [4.69, 9.17) is 19.9 Å². The summed E-state index contributed by atoms with van der Waals surface area (Å²) < 4.78 is 16.7. The van der Waals surface area contributed by atoms with E-state index in [2.05, 4.69) is 0 Å². The highest BCUT2D eigenvalue weighted by Gasteiger charge is 2.15. The molecule has 112 valence electrons. The van der Waals surface area contributed by atoms with Crippen LogP contribution in [0.5, 0.6) is 17.2 Å². The molecular formula is C16H18ClNO3. The third-order valence-corrected chi connectivity index (χ3v) is 3.17. The molecule has 0 amide bonds. The van der Waals surface area contributed by atoms with Crippen molar-refractivity contribution in [3.8, 4) is 17.2 Å². The second-order valence-electron chi connectivity index (χ2n) is 4.63. The van der Waals surface area contributed by atoms with E-state index < -0.39 is 0 Å². The highest BCUT2D eigenvalue weighted by atomic mass is 35.5. The summed E-state index contributed by atoms with van der Waals surface area (Å²) in [7, 11) is 0. The summed E-state index contributed by atoms with van der Waals surface area (Å²) in [5, 5.41) is 0. The van der Waals surface area contributed by atoms with Gasteiger partial charge in [-0.3, -0.25) is 0 Å². The molecule has 0 spiro atoms. The molecule has 2 aromatic carbocycles. The molecule has 0 bridgehead atoms. The highest BCUT2D eigenvalue weighted by Crippen LogP contribution is 2.32. The van der Waals surface area contributed by atoms with Crippen LogP contribution in [0.2, 0.25) is 0 Å². The molecular weight excluding hydrogens is 290 g/mol. The molecule has 0 saturated heterocycles. The molecule has 0 fully saturated rings. The Bertz CT molecular complexity index is 577. The molecule has 0 saturated carbocycles. The van der Waals surface area contributed by atoms with Crippen LogP contribution in [0.4, 0.5) is 0 Å². The fourth-order valence-corrected chi connectivity index (χ4v) is 2.09. The molecule has 1 aliphatic heterocycles. The number of fused-ring (bicyclic) bond motifs is 1. The molecule has 1 aliphatic rings. The van der Waals surface area contributed by atoms with Crippen molar-refractivity contribution in [2.45, 2.75) is 6.04 Å². The van der Waals surface area contributed by atoms with E-state index in [1.165, 1.54) is 0 Å². The zero-order valence-electron chi connectivity index (χ0n) is 11.5. The number of nitrogens with two attached hydrogens (primary N) is 1. The normalized spacial score (nSPS) is 14.0. The van der Waals surface area contributed by atoms with Gasteiger partial charge in [-0.25, -0.2) is 0 Å². The Labute approximate surface area is 130 Å². The predicted octanol–water partition coefficient (Wildman–Crippen LogP) is 2.96. The van der Waals surface area contributed by atoms with E-state index in [1.54, 1.807) is 0 Å². The Morgan fingerprint density at radius 3 is 2.48 bits per heavy atom. The fourth-order valence-electron chi connectivity index (χ4n) is 2.09. The lowest BCUT2D eigenvalue weighted by atomic mass is 10.1. The van der Waals surface area contributed by atoms with Gasteiger partial charge in [0.25, 0.3) is 0 Å². The monoisotopic (exact) mass is 307 g/mol. The SMILES string of the molecule is Cl.NC(COc1ccccc1)c1ccc2c(c1)OCCO2. The van der Waals surface area contributed by atoms with Crippen LogP contribution in [0.1, 0.15) is 11.6 Å². The summed E-state index contributed by atoms with van der Waals surface area (Å²) in [6.45, 7) is 1.59. The Balaban J connectivity index is 0.00000161. The predicted molar refractivity (Wildman–Crippen MR) is 83.5 cm³/mol. The molecule has 0 aliphatic carbocycles.